The molecular weight excluding hydrogens is 465 g/mol. The number of carbonyl (C=O) groups excluding carboxylic acids is 1. The summed E-state index contributed by atoms with van der Waals surface area (Å²) in [5.74, 6) is 0.710. The summed E-state index contributed by atoms with van der Waals surface area (Å²) in [6.07, 6.45) is 0.00307. The Balaban J connectivity index is 1.30. The van der Waals surface area contributed by atoms with Crippen LogP contribution in [0.1, 0.15) is 47.8 Å². The minimum atomic E-state index is -0.592. The summed E-state index contributed by atoms with van der Waals surface area (Å²) in [6, 6.07) is 11.8. The summed E-state index contributed by atoms with van der Waals surface area (Å²) >= 11 is 4.42. The molecule has 0 bridgehead atoms. The van der Waals surface area contributed by atoms with Crippen molar-refractivity contribution in [3.05, 3.63) is 65.2 Å². The van der Waals surface area contributed by atoms with Crippen molar-refractivity contribution in [2.45, 2.75) is 37.7 Å². The van der Waals surface area contributed by atoms with Crippen molar-refractivity contribution in [3.8, 4) is 17.1 Å². The van der Waals surface area contributed by atoms with Crippen LogP contribution >= 0.6 is 12.6 Å². The predicted octanol–water partition coefficient (Wildman–Crippen LogP) is 3.96. The molecule has 184 valence electrons. The number of amides is 1. The molecule has 35 heavy (non-hydrogen) atoms. The number of rotatable bonds is 6. The zero-order valence-corrected chi connectivity index (χ0v) is 21.2. The molecule has 1 saturated carbocycles. The van der Waals surface area contributed by atoms with Crippen LogP contribution in [-0.2, 0) is 12.6 Å². The lowest BCUT2D eigenvalue weighted by molar-refractivity contribution is 0.0740. The normalized spacial score (nSPS) is 22.1. The summed E-state index contributed by atoms with van der Waals surface area (Å²) in [5.41, 5.74) is 9.50. The first-order chi connectivity index (χ1) is 16.5. The number of nitrogens with two attached hydrogens (primary N) is 1. The molecule has 0 spiro atoms. The Morgan fingerprint density at radius 3 is 2.43 bits per heavy atom. The molecule has 4 atom stereocenters. The number of likely N-dealkylation sites (tertiary alicyclic amines) is 1. The van der Waals surface area contributed by atoms with Crippen molar-refractivity contribution in [1.29, 1.82) is 0 Å². The lowest BCUT2D eigenvalue weighted by Crippen LogP contribution is -2.34. The fourth-order valence-corrected chi connectivity index (χ4v) is 4.84. The van der Waals surface area contributed by atoms with E-state index in [1.54, 1.807) is 23.9 Å². The maximum absolute atomic E-state index is 13.4. The van der Waals surface area contributed by atoms with Gasteiger partial charge in [-0.1, -0.05) is 0 Å². The molecule has 1 saturated heterocycles. The Morgan fingerprint density at radius 2 is 1.86 bits per heavy atom. The highest BCUT2D eigenvalue weighted by atomic mass is 32.1. The number of pyridine rings is 1. The largest absolute Gasteiger partial charge is 0.474 e. The summed E-state index contributed by atoms with van der Waals surface area (Å²) in [5, 5.41) is 4.37. The van der Waals surface area contributed by atoms with E-state index in [4.69, 9.17) is 10.5 Å². The quantitative estimate of drug-likeness (QED) is 0.506. The predicted molar refractivity (Wildman–Crippen MR) is 135 cm³/mol. The number of fused-ring (bicyclic) bond motifs is 1. The highest BCUT2D eigenvalue weighted by Crippen LogP contribution is 2.48. The highest BCUT2D eigenvalue weighted by Gasteiger charge is 2.59. The van der Waals surface area contributed by atoms with Crippen molar-refractivity contribution in [2.24, 2.45) is 24.6 Å². The van der Waals surface area contributed by atoms with Crippen LogP contribution in [0.25, 0.3) is 11.3 Å². The Labute approximate surface area is 209 Å². The number of ether oxygens (including phenoxy) is 1. The first kappa shape index (κ1) is 23.8. The van der Waals surface area contributed by atoms with Crippen LogP contribution in [0.15, 0.2) is 42.5 Å². The van der Waals surface area contributed by atoms with Gasteiger partial charge in [-0.15, -0.1) is 0 Å². The van der Waals surface area contributed by atoms with E-state index in [0.29, 0.717) is 30.4 Å². The van der Waals surface area contributed by atoms with Gasteiger partial charge in [0.05, 0.1) is 11.4 Å². The van der Waals surface area contributed by atoms with Crippen molar-refractivity contribution < 1.29 is 13.9 Å². The summed E-state index contributed by atoms with van der Waals surface area (Å²) in [6.45, 7) is 7.06. The van der Waals surface area contributed by atoms with Gasteiger partial charge in [0.1, 0.15) is 17.6 Å². The van der Waals surface area contributed by atoms with Crippen molar-refractivity contribution >= 4 is 18.5 Å². The molecule has 2 aliphatic rings. The zero-order valence-electron chi connectivity index (χ0n) is 20.3. The number of aromatic nitrogens is 3. The second-order valence-electron chi connectivity index (χ2n) is 10.2. The number of thiol groups is 1. The molecule has 9 heteroatoms. The van der Waals surface area contributed by atoms with Gasteiger partial charge in [0, 0.05) is 54.4 Å². The number of hydrogen-bond acceptors (Lipinski definition) is 6. The van der Waals surface area contributed by atoms with Crippen LogP contribution in [0.4, 0.5) is 4.39 Å². The molecule has 5 rings (SSSR count). The third-order valence-corrected chi connectivity index (χ3v) is 7.16. The first-order valence-electron chi connectivity index (χ1n) is 11.8. The molecule has 3 heterocycles. The Bertz CT molecular complexity index is 1260. The zero-order chi connectivity index (χ0) is 25.1. The lowest BCUT2D eigenvalue weighted by atomic mass is 9.95. The van der Waals surface area contributed by atoms with Gasteiger partial charge in [0.25, 0.3) is 5.91 Å². The van der Waals surface area contributed by atoms with Gasteiger partial charge in [0.15, 0.2) is 0 Å². The fraction of sp³-hybridized carbons (Fsp3) is 0.423. The molecule has 1 amide bonds. The van der Waals surface area contributed by atoms with Gasteiger partial charge >= 0.3 is 0 Å². The average molecular weight is 496 g/mol. The van der Waals surface area contributed by atoms with E-state index in [1.165, 1.54) is 12.1 Å². The van der Waals surface area contributed by atoms with E-state index < -0.39 is 5.54 Å². The Morgan fingerprint density at radius 1 is 1.20 bits per heavy atom. The maximum atomic E-state index is 13.4. The Hall–Kier alpha value is -2.91. The standard InChI is InChI=1S/C26H30FN5O2S/c1-14(35)20-11-22(31(4)30-20)25(33)32-12-18-19(13-32)24(18)34-23-10-16(26(2,3)28)9-21(29-23)15-5-7-17(27)8-6-15/h5-11,14,18-19,24,35H,12-13,28H2,1-4H3/t14?,18-,19+,24?. The van der Waals surface area contributed by atoms with Gasteiger partial charge in [-0.3, -0.25) is 9.48 Å². The second kappa shape index (κ2) is 8.64. The number of nitrogens with zero attached hydrogens (tertiary/aromatic N) is 4. The van der Waals surface area contributed by atoms with Crippen molar-refractivity contribution in [1.82, 2.24) is 19.7 Å². The number of aryl methyl sites for hydroxylation is 1. The smallest absolute Gasteiger partial charge is 0.272 e. The van der Waals surface area contributed by atoms with Crippen LogP contribution in [0.3, 0.4) is 0 Å². The topological polar surface area (TPSA) is 86.3 Å². The first-order valence-corrected chi connectivity index (χ1v) is 12.3. The maximum Gasteiger partial charge on any atom is 0.272 e. The van der Waals surface area contributed by atoms with E-state index in [1.807, 2.05) is 43.9 Å². The van der Waals surface area contributed by atoms with Crippen molar-refractivity contribution in [2.75, 3.05) is 13.1 Å². The number of hydrogen-bond donors (Lipinski definition) is 2. The van der Waals surface area contributed by atoms with Crippen LogP contribution in [0, 0.1) is 17.7 Å². The summed E-state index contributed by atoms with van der Waals surface area (Å²) in [7, 11) is 1.78. The SMILES string of the molecule is CC(S)c1cc(C(=O)N2C[C@@H]3C(Oc4cc(C(C)(C)N)cc(-c5ccc(F)cc5)n4)[C@@H]3C2)n(C)n1. The molecule has 1 aliphatic carbocycles. The van der Waals surface area contributed by atoms with E-state index in [-0.39, 0.29) is 34.9 Å². The molecule has 2 fully saturated rings. The summed E-state index contributed by atoms with van der Waals surface area (Å²) < 4.78 is 21.3. The van der Waals surface area contributed by atoms with Gasteiger partial charge in [0.2, 0.25) is 5.88 Å². The molecule has 3 aromatic rings. The molecule has 0 radical (unpaired) electrons. The number of halogens is 1. The number of piperidine rings is 1. The molecule has 2 unspecified atom stereocenters. The third kappa shape index (κ3) is 4.67. The molecule has 7 nitrogen and oxygen atoms in total. The molecular formula is C26H30FN5O2S. The van der Waals surface area contributed by atoms with E-state index in [9.17, 15) is 9.18 Å². The van der Waals surface area contributed by atoms with Crippen LogP contribution < -0.4 is 10.5 Å². The molecule has 1 aromatic carbocycles. The van der Waals surface area contributed by atoms with Crippen LogP contribution in [-0.4, -0.2) is 44.8 Å². The molecule has 1 aliphatic heterocycles. The van der Waals surface area contributed by atoms with Crippen LogP contribution in [0.5, 0.6) is 5.88 Å². The van der Waals surface area contributed by atoms with Gasteiger partial charge < -0.3 is 15.4 Å². The van der Waals surface area contributed by atoms with Gasteiger partial charge in [-0.2, -0.15) is 17.7 Å². The highest BCUT2D eigenvalue weighted by molar-refractivity contribution is 7.80. The fourth-order valence-electron chi connectivity index (χ4n) is 4.71. The van der Waals surface area contributed by atoms with Gasteiger partial charge in [-0.05, 0) is 62.7 Å². The van der Waals surface area contributed by atoms with Gasteiger partial charge in [-0.25, -0.2) is 9.37 Å². The number of benzene rings is 1. The Kier molecular flexibility index (Phi) is 5.88. The van der Waals surface area contributed by atoms with E-state index in [0.717, 1.165) is 16.8 Å². The average Bonchev–Trinajstić information content (AvgIpc) is 3.14. The van der Waals surface area contributed by atoms with Crippen molar-refractivity contribution in [3.63, 3.8) is 0 Å². The third-order valence-electron chi connectivity index (χ3n) is 6.89. The molecule has 2 N–H and O–H groups in total. The minimum Gasteiger partial charge on any atom is -0.474 e. The molecule has 2 aromatic heterocycles. The second-order valence-corrected chi connectivity index (χ2v) is 11.0. The minimum absolute atomic E-state index is 0.00307. The summed E-state index contributed by atoms with van der Waals surface area (Å²) in [4.78, 5) is 19.6. The van der Waals surface area contributed by atoms with E-state index >= 15 is 0 Å². The lowest BCUT2D eigenvalue weighted by Gasteiger charge is -2.22. The monoisotopic (exact) mass is 495 g/mol. The van der Waals surface area contributed by atoms with Crippen LogP contribution in [0.2, 0.25) is 0 Å². The van der Waals surface area contributed by atoms with E-state index in [2.05, 4.69) is 22.7 Å². The number of carbonyl (C=O) groups is 1.